The van der Waals surface area contributed by atoms with Crippen molar-refractivity contribution in [1.29, 1.82) is 0 Å². The molecule has 4 nitrogen and oxygen atoms in total. The zero-order valence-electron chi connectivity index (χ0n) is 11.1. The highest BCUT2D eigenvalue weighted by Gasteiger charge is 2.32. The third kappa shape index (κ3) is 3.08. The molecule has 3 N–H and O–H groups in total. The average Bonchev–Trinajstić information content (AvgIpc) is 2.39. The van der Waals surface area contributed by atoms with E-state index in [0.29, 0.717) is 18.7 Å². The molecule has 0 aromatic heterocycles. The number of rotatable bonds is 4. The first-order valence-electron chi connectivity index (χ1n) is 6.09. The van der Waals surface area contributed by atoms with E-state index in [1.807, 2.05) is 37.3 Å². The van der Waals surface area contributed by atoms with Gasteiger partial charge in [0, 0.05) is 31.1 Å². The van der Waals surface area contributed by atoms with E-state index in [9.17, 15) is 4.79 Å². The number of hydrogen-bond acceptors (Lipinski definition) is 4. The molecule has 1 unspecified atom stereocenters. The summed E-state index contributed by atoms with van der Waals surface area (Å²) in [6.45, 7) is 3.97. The third-order valence-corrected chi connectivity index (χ3v) is 3.19. The number of carbonyl (C=O) groups excluding carboxylic acids is 1. The van der Waals surface area contributed by atoms with E-state index in [2.05, 4.69) is 5.32 Å². The second-order valence-corrected chi connectivity index (χ2v) is 4.40. The van der Waals surface area contributed by atoms with Gasteiger partial charge in [-0.05, 0) is 18.2 Å². The molecule has 1 heterocycles. The zero-order chi connectivity index (χ0) is 13.2. The molecular weight excluding hydrogens is 264 g/mol. The molecule has 1 aromatic carbocycles. The van der Waals surface area contributed by atoms with Crippen LogP contribution in [0.3, 0.4) is 0 Å². The average molecular weight is 283 g/mol. The van der Waals surface area contributed by atoms with E-state index in [1.54, 1.807) is 0 Å². The fraction of sp³-hybridized carbons (Fsp3) is 0.357. The minimum Gasteiger partial charge on any atom is -0.465 e. The Morgan fingerprint density at radius 2 is 2.16 bits per heavy atom. The van der Waals surface area contributed by atoms with Crippen LogP contribution in [0.5, 0.6) is 0 Å². The Bertz CT molecular complexity index is 502. The lowest BCUT2D eigenvalue weighted by atomic mass is 10.0. The second kappa shape index (κ2) is 6.08. The summed E-state index contributed by atoms with van der Waals surface area (Å²) in [4.78, 5) is 11.6. The molecular formula is C14H19ClN2O2. The van der Waals surface area contributed by atoms with Crippen molar-refractivity contribution in [3.8, 4) is 0 Å². The summed E-state index contributed by atoms with van der Waals surface area (Å²) in [5.74, 6) is 0.505. The van der Waals surface area contributed by atoms with Crippen molar-refractivity contribution in [1.82, 2.24) is 0 Å². The quantitative estimate of drug-likeness (QED) is 0.833. The molecule has 0 radical (unpaired) electrons. The van der Waals surface area contributed by atoms with Gasteiger partial charge in [-0.15, -0.1) is 12.4 Å². The lowest BCUT2D eigenvalue weighted by molar-refractivity contribution is -0.134. The van der Waals surface area contributed by atoms with E-state index in [0.717, 1.165) is 11.3 Å². The molecule has 1 aromatic rings. The second-order valence-electron chi connectivity index (χ2n) is 4.40. The van der Waals surface area contributed by atoms with Crippen LogP contribution < -0.4 is 11.1 Å². The van der Waals surface area contributed by atoms with E-state index >= 15 is 0 Å². The predicted octanol–water partition coefficient (Wildman–Crippen LogP) is 2.55. The molecule has 0 spiro atoms. The number of benzene rings is 1. The maximum absolute atomic E-state index is 11.6. The van der Waals surface area contributed by atoms with Gasteiger partial charge >= 0.3 is 0 Å². The highest BCUT2D eigenvalue weighted by Crippen LogP contribution is 2.31. The summed E-state index contributed by atoms with van der Waals surface area (Å²) in [7, 11) is 0. The summed E-state index contributed by atoms with van der Waals surface area (Å²) in [5.41, 5.74) is 6.69. The highest BCUT2D eigenvalue weighted by atomic mass is 35.5. The summed E-state index contributed by atoms with van der Waals surface area (Å²) in [5, 5.41) is 3.24. The smallest absolute Gasteiger partial charge is 0.217 e. The molecule has 1 aliphatic rings. The van der Waals surface area contributed by atoms with Crippen molar-refractivity contribution in [3.63, 3.8) is 0 Å². The van der Waals surface area contributed by atoms with Gasteiger partial charge in [-0.1, -0.05) is 19.1 Å². The van der Waals surface area contributed by atoms with Gasteiger partial charge in [0.25, 0.3) is 0 Å². The lowest BCUT2D eigenvalue weighted by Crippen LogP contribution is -2.48. The standard InChI is InChI=1S/C14H18N2O2.ClH/c1-3-14(15,10(2)17)18-13-8-9-16-12-7-5-4-6-11(12)13;/h4-8,16H,3,9,15H2,1-2H3;1H. The number of para-hydroxylation sites is 1. The Balaban J connectivity index is 0.00000180. The van der Waals surface area contributed by atoms with Crippen LogP contribution in [0.1, 0.15) is 25.8 Å². The van der Waals surface area contributed by atoms with Crippen LogP contribution >= 0.6 is 12.4 Å². The Morgan fingerprint density at radius 1 is 1.47 bits per heavy atom. The fourth-order valence-corrected chi connectivity index (χ4v) is 1.90. The topological polar surface area (TPSA) is 64.3 Å². The Kier molecular flexibility index (Phi) is 4.97. The molecule has 104 valence electrons. The van der Waals surface area contributed by atoms with Crippen molar-refractivity contribution in [2.75, 3.05) is 11.9 Å². The number of ether oxygens (including phenoxy) is 1. The minimum atomic E-state index is -1.24. The molecule has 0 amide bonds. The van der Waals surface area contributed by atoms with Crippen molar-refractivity contribution >= 4 is 29.6 Å². The van der Waals surface area contributed by atoms with Crippen LogP contribution in [0.4, 0.5) is 5.69 Å². The van der Waals surface area contributed by atoms with E-state index in [-0.39, 0.29) is 18.2 Å². The number of Topliss-reactive ketones (excluding diaryl/α,β-unsaturated/α-hetero) is 1. The number of halogens is 1. The van der Waals surface area contributed by atoms with Crippen LogP contribution in [0, 0.1) is 0 Å². The number of nitrogens with two attached hydrogens (primary N) is 1. The van der Waals surface area contributed by atoms with Crippen LogP contribution in [-0.4, -0.2) is 18.1 Å². The molecule has 0 aliphatic carbocycles. The van der Waals surface area contributed by atoms with Gasteiger partial charge in [-0.3, -0.25) is 10.5 Å². The number of hydrogen-bond donors (Lipinski definition) is 2. The molecule has 0 bridgehead atoms. The van der Waals surface area contributed by atoms with Gasteiger partial charge in [-0.25, -0.2) is 0 Å². The Hall–Kier alpha value is -1.52. The van der Waals surface area contributed by atoms with Gasteiger partial charge in [-0.2, -0.15) is 0 Å². The number of ketones is 1. The fourth-order valence-electron chi connectivity index (χ4n) is 1.90. The summed E-state index contributed by atoms with van der Waals surface area (Å²) in [6.07, 6.45) is 2.35. The van der Waals surface area contributed by atoms with Crippen LogP contribution in [-0.2, 0) is 9.53 Å². The first-order valence-corrected chi connectivity index (χ1v) is 6.09. The third-order valence-electron chi connectivity index (χ3n) is 3.19. The normalized spacial score (nSPS) is 16.1. The molecule has 1 atom stereocenters. The Labute approximate surface area is 119 Å². The highest BCUT2D eigenvalue weighted by molar-refractivity contribution is 5.86. The van der Waals surface area contributed by atoms with Gasteiger partial charge < -0.3 is 10.1 Å². The first-order chi connectivity index (χ1) is 8.57. The first kappa shape index (κ1) is 15.5. The molecule has 19 heavy (non-hydrogen) atoms. The number of anilines is 1. The molecule has 2 rings (SSSR count). The minimum absolute atomic E-state index is 0. The maximum atomic E-state index is 11.6. The maximum Gasteiger partial charge on any atom is 0.217 e. The molecule has 0 saturated heterocycles. The zero-order valence-corrected chi connectivity index (χ0v) is 11.9. The van der Waals surface area contributed by atoms with Gasteiger partial charge in [0.15, 0.2) is 5.78 Å². The predicted molar refractivity (Wildman–Crippen MR) is 79.1 cm³/mol. The van der Waals surface area contributed by atoms with Crippen LogP contribution in [0.2, 0.25) is 0 Å². The number of nitrogens with one attached hydrogen (secondary N) is 1. The summed E-state index contributed by atoms with van der Waals surface area (Å²) < 4.78 is 5.77. The summed E-state index contributed by atoms with van der Waals surface area (Å²) in [6, 6.07) is 7.81. The van der Waals surface area contributed by atoms with Crippen molar-refractivity contribution in [2.45, 2.75) is 26.0 Å². The molecule has 5 heteroatoms. The van der Waals surface area contributed by atoms with Crippen molar-refractivity contribution in [3.05, 3.63) is 35.9 Å². The van der Waals surface area contributed by atoms with Crippen molar-refractivity contribution < 1.29 is 9.53 Å². The number of carbonyl (C=O) groups is 1. The van der Waals surface area contributed by atoms with E-state index in [4.69, 9.17) is 10.5 Å². The number of fused-ring (bicyclic) bond motifs is 1. The van der Waals surface area contributed by atoms with E-state index in [1.165, 1.54) is 6.92 Å². The van der Waals surface area contributed by atoms with Crippen molar-refractivity contribution in [2.24, 2.45) is 5.73 Å². The molecule has 0 saturated carbocycles. The monoisotopic (exact) mass is 282 g/mol. The van der Waals surface area contributed by atoms with Gasteiger partial charge in [0.2, 0.25) is 5.72 Å². The van der Waals surface area contributed by atoms with Gasteiger partial charge in [0.1, 0.15) is 5.76 Å². The van der Waals surface area contributed by atoms with Gasteiger partial charge in [0.05, 0.1) is 0 Å². The lowest BCUT2D eigenvalue weighted by Gasteiger charge is -2.30. The Morgan fingerprint density at radius 3 is 2.79 bits per heavy atom. The van der Waals surface area contributed by atoms with Crippen LogP contribution in [0.25, 0.3) is 5.76 Å². The molecule has 1 aliphatic heterocycles. The largest absolute Gasteiger partial charge is 0.465 e. The summed E-state index contributed by atoms with van der Waals surface area (Å²) >= 11 is 0. The molecule has 0 fully saturated rings. The van der Waals surface area contributed by atoms with Crippen LogP contribution in [0.15, 0.2) is 30.3 Å². The van der Waals surface area contributed by atoms with E-state index < -0.39 is 5.72 Å². The SMILES string of the molecule is CCC(N)(OC1=CCNc2ccccc21)C(C)=O.Cl.